The van der Waals surface area contributed by atoms with Gasteiger partial charge >= 0.3 is 12.1 Å². The van der Waals surface area contributed by atoms with Gasteiger partial charge in [0.05, 0.1) is 17.2 Å². The molecule has 1 aromatic carbocycles. The molecule has 3 nitrogen and oxygen atoms in total. The largest absolute Gasteiger partial charge is 0.490 e. The van der Waals surface area contributed by atoms with Gasteiger partial charge in [0.2, 0.25) is 0 Å². The van der Waals surface area contributed by atoms with E-state index in [1.807, 2.05) is 0 Å². The summed E-state index contributed by atoms with van der Waals surface area (Å²) >= 11 is 0. The van der Waals surface area contributed by atoms with Crippen LogP contribution in [0.5, 0.6) is 5.75 Å². The molecule has 0 atom stereocenters. The summed E-state index contributed by atoms with van der Waals surface area (Å²) in [6, 6.07) is 2.83. The van der Waals surface area contributed by atoms with E-state index in [2.05, 4.69) is 0 Å². The second kappa shape index (κ2) is 5.11. The fraction of sp³-hybridized carbons (Fsp3) is 0.462. The first kappa shape index (κ1) is 13.7. The maximum absolute atomic E-state index is 12.9. The number of ether oxygens (including phenoxy) is 1. The van der Waals surface area contributed by atoms with Gasteiger partial charge in [-0.3, -0.25) is 0 Å². The van der Waals surface area contributed by atoms with Crippen molar-refractivity contribution in [1.82, 2.24) is 0 Å². The first-order valence-corrected chi connectivity index (χ1v) is 5.99. The molecule has 0 amide bonds. The Hall–Kier alpha value is -1.72. The van der Waals surface area contributed by atoms with Crippen LogP contribution in [0.15, 0.2) is 18.2 Å². The monoisotopic (exact) mass is 274 g/mol. The lowest BCUT2D eigenvalue weighted by molar-refractivity contribution is -0.139. The van der Waals surface area contributed by atoms with Gasteiger partial charge in [0.25, 0.3) is 0 Å². The van der Waals surface area contributed by atoms with E-state index in [0.717, 1.165) is 37.8 Å². The Bertz CT molecular complexity index is 477. The number of benzene rings is 1. The summed E-state index contributed by atoms with van der Waals surface area (Å²) in [5, 5.41) is 8.74. The van der Waals surface area contributed by atoms with Gasteiger partial charge in [0.1, 0.15) is 5.75 Å². The summed E-state index contributed by atoms with van der Waals surface area (Å²) in [5.74, 6) is -1.68. The van der Waals surface area contributed by atoms with Crippen LogP contribution in [0.25, 0.3) is 0 Å². The predicted molar refractivity (Wildman–Crippen MR) is 61.3 cm³/mol. The number of aromatic carboxylic acids is 1. The minimum atomic E-state index is -4.63. The maximum Gasteiger partial charge on any atom is 0.419 e. The molecule has 1 N–H and O–H groups in total. The van der Waals surface area contributed by atoms with Crippen molar-refractivity contribution in [2.75, 3.05) is 0 Å². The van der Waals surface area contributed by atoms with E-state index in [1.165, 1.54) is 0 Å². The first-order chi connectivity index (χ1) is 8.88. The standard InChI is InChI=1S/C13H13F3O3/c14-13(15,16)10-7-8(12(17)18)5-6-11(10)19-9-3-1-2-4-9/h5-7,9H,1-4H2,(H,17,18). The lowest BCUT2D eigenvalue weighted by Gasteiger charge is -2.18. The molecule has 1 aliphatic rings. The molecule has 1 saturated carbocycles. The first-order valence-electron chi connectivity index (χ1n) is 5.99. The number of hydrogen-bond acceptors (Lipinski definition) is 2. The molecule has 0 heterocycles. The molecule has 0 aliphatic heterocycles. The molecule has 6 heteroatoms. The minimum Gasteiger partial charge on any atom is -0.490 e. The zero-order chi connectivity index (χ0) is 14.0. The zero-order valence-electron chi connectivity index (χ0n) is 10.0. The maximum atomic E-state index is 12.9. The molecule has 0 unspecified atom stereocenters. The summed E-state index contributed by atoms with van der Waals surface area (Å²) < 4.78 is 44.0. The molecular weight excluding hydrogens is 261 g/mol. The van der Waals surface area contributed by atoms with Crippen LogP contribution < -0.4 is 4.74 Å². The molecule has 1 aromatic rings. The van der Waals surface area contributed by atoms with Crippen LogP contribution in [0.1, 0.15) is 41.6 Å². The third-order valence-corrected chi connectivity index (χ3v) is 3.13. The topological polar surface area (TPSA) is 46.5 Å². The third kappa shape index (κ3) is 3.19. The van der Waals surface area contributed by atoms with Gasteiger partial charge in [0, 0.05) is 0 Å². The highest BCUT2D eigenvalue weighted by molar-refractivity contribution is 5.88. The Morgan fingerprint density at radius 2 is 1.89 bits per heavy atom. The molecule has 104 valence electrons. The van der Waals surface area contributed by atoms with Crippen molar-refractivity contribution in [3.05, 3.63) is 29.3 Å². The van der Waals surface area contributed by atoms with Gasteiger partial charge in [-0.15, -0.1) is 0 Å². The fourth-order valence-electron chi connectivity index (χ4n) is 2.17. The number of halogens is 3. The third-order valence-electron chi connectivity index (χ3n) is 3.13. The van der Waals surface area contributed by atoms with Gasteiger partial charge < -0.3 is 9.84 Å². The lowest BCUT2D eigenvalue weighted by atomic mass is 10.1. The van der Waals surface area contributed by atoms with Crippen LogP contribution in [0, 0.1) is 0 Å². The molecule has 2 rings (SSSR count). The average Bonchev–Trinajstić information content (AvgIpc) is 2.80. The Morgan fingerprint density at radius 3 is 2.42 bits per heavy atom. The van der Waals surface area contributed by atoms with E-state index in [-0.39, 0.29) is 11.9 Å². The van der Waals surface area contributed by atoms with E-state index in [1.54, 1.807) is 0 Å². The number of alkyl halides is 3. The predicted octanol–water partition coefficient (Wildman–Crippen LogP) is 3.73. The Kier molecular flexibility index (Phi) is 3.68. The number of carbonyl (C=O) groups is 1. The molecule has 0 saturated heterocycles. The normalized spacial score (nSPS) is 16.6. The molecule has 0 aromatic heterocycles. The van der Waals surface area contributed by atoms with E-state index < -0.39 is 23.3 Å². The van der Waals surface area contributed by atoms with E-state index in [0.29, 0.717) is 6.07 Å². The summed E-state index contributed by atoms with van der Waals surface area (Å²) in [5.41, 5.74) is -1.43. The number of hydrogen-bond donors (Lipinski definition) is 1. The minimum absolute atomic E-state index is 0.211. The second-order valence-corrected chi connectivity index (χ2v) is 4.54. The van der Waals surface area contributed by atoms with Crippen LogP contribution in [-0.4, -0.2) is 17.2 Å². The lowest BCUT2D eigenvalue weighted by Crippen LogP contribution is -2.16. The van der Waals surface area contributed by atoms with Crippen LogP contribution >= 0.6 is 0 Å². The molecule has 0 spiro atoms. The van der Waals surface area contributed by atoms with E-state index in [9.17, 15) is 18.0 Å². The highest BCUT2D eigenvalue weighted by Gasteiger charge is 2.36. The fourth-order valence-corrected chi connectivity index (χ4v) is 2.17. The SMILES string of the molecule is O=C(O)c1ccc(OC2CCCC2)c(C(F)(F)F)c1. The van der Waals surface area contributed by atoms with Crippen LogP contribution in [-0.2, 0) is 6.18 Å². The van der Waals surface area contributed by atoms with E-state index in [4.69, 9.17) is 9.84 Å². The second-order valence-electron chi connectivity index (χ2n) is 4.54. The van der Waals surface area contributed by atoms with Gasteiger partial charge in [-0.25, -0.2) is 4.79 Å². The van der Waals surface area contributed by atoms with Gasteiger partial charge in [-0.2, -0.15) is 13.2 Å². The molecule has 1 fully saturated rings. The molecule has 0 radical (unpaired) electrons. The smallest absolute Gasteiger partial charge is 0.419 e. The number of carboxylic acids is 1. The highest BCUT2D eigenvalue weighted by atomic mass is 19.4. The van der Waals surface area contributed by atoms with Crippen molar-refractivity contribution >= 4 is 5.97 Å². The van der Waals surface area contributed by atoms with Crippen molar-refractivity contribution in [2.45, 2.75) is 38.0 Å². The van der Waals surface area contributed by atoms with Crippen molar-refractivity contribution in [2.24, 2.45) is 0 Å². The summed E-state index contributed by atoms with van der Waals surface area (Å²) in [4.78, 5) is 10.7. The summed E-state index contributed by atoms with van der Waals surface area (Å²) in [6.07, 6.45) is -1.48. The zero-order valence-corrected chi connectivity index (χ0v) is 10.0. The van der Waals surface area contributed by atoms with Crippen molar-refractivity contribution < 1.29 is 27.8 Å². The van der Waals surface area contributed by atoms with Crippen molar-refractivity contribution in [1.29, 1.82) is 0 Å². The van der Waals surface area contributed by atoms with Crippen LogP contribution in [0.2, 0.25) is 0 Å². The van der Waals surface area contributed by atoms with Gasteiger partial charge in [-0.05, 0) is 43.9 Å². The van der Waals surface area contributed by atoms with Gasteiger partial charge in [0.15, 0.2) is 0 Å². The molecule has 19 heavy (non-hydrogen) atoms. The van der Waals surface area contributed by atoms with Crippen molar-refractivity contribution in [3.63, 3.8) is 0 Å². The quantitative estimate of drug-likeness (QED) is 0.913. The summed E-state index contributed by atoms with van der Waals surface area (Å²) in [7, 11) is 0. The highest BCUT2D eigenvalue weighted by Crippen LogP contribution is 2.38. The van der Waals surface area contributed by atoms with Gasteiger partial charge in [-0.1, -0.05) is 0 Å². The Balaban J connectivity index is 2.33. The molecule has 0 bridgehead atoms. The summed E-state index contributed by atoms with van der Waals surface area (Å²) in [6.45, 7) is 0. The Labute approximate surface area is 108 Å². The van der Waals surface area contributed by atoms with E-state index >= 15 is 0 Å². The Morgan fingerprint density at radius 1 is 1.26 bits per heavy atom. The van der Waals surface area contributed by atoms with Crippen molar-refractivity contribution in [3.8, 4) is 5.75 Å². The van der Waals surface area contributed by atoms with Crippen LogP contribution in [0.4, 0.5) is 13.2 Å². The average molecular weight is 274 g/mol. The number of rotatable bonds is 3. The number of carboxylic acid groups (broad SMARTS) is 1. The molecule has 1 aliphatic carbocycles. The molecular formula is C13H13F3O3. The van der Waals surface area contributed by atoms with Crippen LogP contribution in [0.3, 0.4) is 0 Å².